The van der Waals surface area contributed by atoms with Crippen LogP contribution in [0.2, 0.25) is 0 Å². The average molecular weight is 643 g/mol. The molecule has 1 saturated heterocycles. The van der Waals surface area contributed by atoms with Gasteiger partial charge in [0.05, 0.1) is 23.8 Å². The van der Waals surface area contributed by atoms with Crippen molar-refractivity contribution in [3.05, 3.63) is 108 Å². The zero-order chi connectivity index (χ0) is 29.0. The molecule has 4 aromatic carbocycles. The Bertz CT molecular complexity index is 1660. The van der Waals surface area contributed by atoms with E-state index in [1.165, 1.54) is 4.31 Å². The number of likely N-dealkylation sites (tertiary alicyclic amines) is 1. The van der Waals surface area contributed by atoms with Gasteiger partial charge in [-0.05, 0) is 65.2 Å². The second-order valence-electron chi connectivity index (χ2n) is 10.4. The number of halogens is 2. The van der Waals surface area contributed by atoms with Crippen LogP contribution in [0.15, 0.2) is 91.0 Å². The van der Waals surface area contributed by atoms with E-state index in [-0.39, 0.29) is 49.1 Å². The van der Waals surface area contributed by atoms with E-state index in [9.17, 15) is 8.42 Å². The molecule has 4 aromatic rings. The fraction of sp³-hybridized carbons (Fsp3) is 0.250. The summed E-state index contributed by atoms with van der Waals surface area (Å²) >= 11 is 0. The molecule has 4 N–H and O–H groups in total. The molecule has 1 fully saturated rings. The molecule has 43 heavy (non-hydrogen) atoms. The maximum Gasteiger partial charge on any atom is 0.239 e. The van der Waals surface area contributed by atoms with Gasteiger partial charge in [-0.15, -0.1) is 24.8 Å². The number of benzene rings is 4. The molecule has 1 heterocycles. The number of nitrogens with two attached hydrogens (primary N) is 1. The molecule has 228 valence electrons. The van der Waals surface area contributed by atoms with Crippen LogP contribution in [-0.2, 0) is 22.3 Å². The van der Waals surface area contributed by atoms with Gasteiger partial charge in [-0.25, -0.2) is 8.42 Å². The largest absolute Gasteiger partial charge is 0.490 e. The Labute approximate surface area is 265 Å². The highest BCUT2D eigenvalue weighted by Gasteiger charge is 2.25. The lowest BCUT2D eigenvalue weighted by atomic mass is 10.0. The number of nitrogens with zero attached hydrogens (tertiary/aromatic N) is 2. The lowest BCUT2D eigenvalue weighted by molar-refractivity contribution is 0.130. The Morgan fingerprint density at radius 1 is 0.884 bits per heavy atom. The fourth-order valence-corrected chi connectivity index (χ4v) is 6.69. The molecule has 0 unspecified atom stereocenters. The lowest BCUT2D eigenvalue weighted by Gasteiger charge is -2.33. The summed E-state index contributed by atoms with van der Waals surface area (Å²) in [6.45, 7) is 3.54. The highest BCUT2D eigenvalue weighted by molar-refractivity contribution is 7.92. The summed E-state index contributed by atoms with van der Waals surface area (Å²) in [5, 5.41) is 17.5. The van der Waals surface area contributed by atoms with Gasteiger partial charge in [0.15, 0.2) is 0 Å². The first-order valence-electron chi connectivity index (χ1n) is 13.7. The number of anilines is 1. The molecule has 0 radical (unpaired) electrons. The van der Waals surface area contributed by atoms with E-state index >= 15 is 0 Å². The first-order valence-corrected chi connectivity index (χ1v) is 15.3. The number of sulfonamides is 1. The number of nitrogen functional groups attached to an aromatic ring is 1. The third-order valence-electron chi connectivity index (χ3n) is 7.41. The predicted molar refractivity (Wildman–Crippen MR) is 180 cm³/mol. The quantitative estimate of drug-likeness (QED) is 0.145. The lowest BCUT2D eigenvalue weighted by Crippen LogP contribution is -2.40. The molecule has 0 bridgehead atoms. The van der Waals surface area contributed by atoms with E-state index in [1.54, 1.807) is 19.1 Å². The van der Waals surface area contributed by atoms with Crippen LogP contribution in [0.1, 0.15) is 36.5 Å². The molecular formula is C32H37Cl2N5O3S. The van der Waals surface area contributed by atoms with Crippen LogP contribution in [-0.4, -0.2) is 44.2 Å². The minimum Gasteiger partial charge on any atom is -0.490 e. The number of rotatable bonds is 9. The summed E-state index contributed by atoms with van der Waals surface area (Å²) in [4.78, 5) is 2.05. The van der Waals surface area contributed by atoms with Crippen molar-refractivity contribution in [1.82, 2.24) is 4.90 Å². The highest BCUT2D eigenvalue weighted by atomic mass is 35.5. The van der Waals surface area contributed by atoms with Crippen LogP contribution in [0.5, 0.6) is 5.75 Å². The van der Waals surface area contributed by atoms with Crippen LogP contribution >= 0.6 is 24.8 Å². The number of amidine groups is 2. The third-order valence-corrected chi connectivity index (χ3v) is 9.12. The van der Waals surface area contributed by atoms with E-state index in [1.807, 2.05) is 83.8 Å². The van der Waals surface area contributed by atoms with Gasteiger partial charge >= 0.3 is 0 Å². The van der Waals surface area contributed by atoms with Crippen molar-refractivity contribution < 1.29 is 13.2 Å². The molecule has 8 nitrogen and oxygen atoms in total. The first kappa shape index (κ1) is 33.7. The average Bonchev–Trinajstić information content (AvgIpc) is 2.96. The van der Waals surface area contributed by atoms with Crippen molar-refractivity contribution in [2.45, 2.75) is 38.2 Å². The van der Waals surface area contributed by atoms with Crippen LogP contribution in [0.25, 0.3) is 10.8 Å². The number of piperidine rings is 1. The van der Waals surface area contributed by atoms with Crippen LogP contribution in [0.4, 0.5) is 5.69 Å². The maximum atomic E-state index is 13.8. The molecule has 0 atom stereocenters. The molecule has 0 amide bonds. The maximum absolute atomic E-state index is 13.8. The standard InChI is InChI=1S/C32H35N5O3S.2ClH/c1-23(33)36-17-15-31(16-18-36)40-30-13-11-29(12-14-30)37(41(38,39)22-24-5-3-2-4-6-24)21-25-7-8-26-9-10-27(32(34)35)20-28(26)19-25;;/h2-14,19-20,31,33H,15-18,21-22H2,1H3,(H3,34,35);2*1H. The van der Waals surface area contributed by atoms with Crippen molar-refractivity contribution in [3.63, 3.8) is 0 Å². The van der Waals surface area contributed by atoms with E-state index in [4.69, 9.17) is 21.3 Å². The van der Waals surface area contributed by atoms with Gasteiger partial charge in [0.2, 0.25) is 10.0 Å². The first-order chi connectivity index (χ1) is 19.7. The summed E-state index contributed by atoms with van der Waals surface area (Å²) in [7, 11) is -3.74. The summed E-state index contributed by atoms with van der Waals surface area (Å²) in [6, 6.07) is 27.8. The molecule has 0 aliphatic carbocycles. The van der Waals surface area contributed by atoms with Gasteiger partial charge in [0.1, 0.15) is 17.7 Å². The Hall–Kier alpha value is -3.79. The second-order valence-corrected chi connectivity index (χ2v) is 12.3. The van der Waals surface area contributed by atoms with Gasteiger partial charge in [0.25, 0.3) is 0 Å². The van der Waals surface area contributed by atoms with E-state index in [2.05, 4.69) is 0 Å². The smallest absolute Gasteiger partial charge is 0.239 e. The van der Waals surface area contributed by atoms with Gasteiger partial charge in [0, 0.05) is 31.5 Å². The monoisotopic (exact) mass is 641 g/mol. The van der Waals surface area contributed by atoms with Crippen molar-refractivity contribution in [3.8, 4) is 5.75 Å². The number of hydrogen-bond acceptors (Lipinski definition) is 5. The summed E-state index contributed by atoms with van der Waals surface area (Å²) < 4.78 is 35.3. The van der Waals surface area contributed by atoms with Crippen LogP contribution in [0, 0.1) is 10.8 Å². The summed E-state index contributed by atoms with van der Waals surface area (Å²) in [5.74, 6) is 1.14. The molecule has 11 heteroatoms. The molecule has 5 rings (SSSR count). The van der Waals surface area contributed by atoms with Crippen molar-refractivity contribution >= 4 is 63.0 Å². The van der Waals surface area contributed by atoms with Gasteiger partial charge in [-0.2, -0.15) is 0 Å². The molecule has 1 aliphatic heterocycles. The molecular weight excluding hydrogens is 605 g/mol. The van der Waals surface area contributed by atoms with E-state index in [0.717, 1.165) is 42.3 Å². The number of fused-ring (bicyclic) bond motifs is 1. The molecule has 0 aromatic heterocycles. The minimum atomic E-state index is -3.74. The van der Waals surface area contributed by atoms with Crippen molar-refractivity contribution in [2.75, 3.05) is 17.4 Å². The van der Waals surface area contributed by atoms with Crippen molar-refractivity contribution in [2.24, 2.45) is 5.73 Å². The third kappa shape index (κ3) is 8.40. The second kappa shape index (κ2) is 14.6. The fourth-order valence-electron chi connectivity index (χ4n) is 5.13. The normalized spacial score (nSPS) is 13.5. The Balaban J connectivity index is 0.00000253. The highest BCUT2D eigenvalue weighted by Crippen LogP contribution is 2.28. The van der Waals surface area contributed by atoms with Crippen LogP contribution < -0.4 is 14.8 Å². The SMILES string of the molecule is CC(=N)N1CCC(Oc2ccc(N(Cc3ccc4ccc(C(=N)N)cc4c3)S(=O)(=O)Cc3ccccc3)cc2)CC1.Cl.Cl. The van der Waals surface area contributed by atoms with E-state index < -0.39 is 10.0 Å². The van der Waals surface area contributed by atoms with Crippen LogP contribution in [0.3, 0.4) is 0 Å². The Morgan fingerprint density at radius 3 is 2.16 bits per heavy atom. The molecule has 0 saturated carbocycles. The zero-order valence-corrected chi connectivity index (χ0v) is 26.4. The minimum absolute atomic E-state index is 0. The number of nitrogens with one attached hydrogen (secondary N) is 2. The topological polar surface area (TPSA) is 124 Å². The zero-order valence-electron chi connectivity index (χ0n) is 23.9. The summed E-state index contributed by atoms with van der Waals surface area (Å²) in [6.07, 6.45) is 1.73. The van der Waals surface area contributed by atoms with Gasteiger partial charge in [-0.3, -0.25) is 15.1 Å². The van der Waals surface area contributed by atoms with Gasteiger partial charge < -0.3 is 15.4 Å². The molecule has 1 aliphatic rings. The van der Waals surface area contributed by atoms with Crippen molar-refractivity contribution in [1.29, 1.82) is 10.8 Å². The predicted octanol–water partition coefficient (Wildman–Crippen LogP) is 6.34. The van der Waals surface area contributed by atoms with Gasteiger partial charge in [-0.1, -0.05) is 54.6 Å². The Kier molecular flexibility index (Phi) is 11.4. The number of hydrogen-bond donors (Lipinski definition) is 3. The molecule has 0 spiro atoms. The Morgan fingerprint density at radius 2 is 1.53 bits per heavy atom. The van der Waals surface area contributed by atoms with E-state index in [0.29, 0.717) is 28.4 Å². The number of ether oxygens (including phenoxy) is 1. The summed E-state index contributed by atoms with van der Waals surface area (Å²) in [5.41, 5.74) is 8.41.